The number of aliphatic hydroxyl groups is 1. The Kier molecular flexibility index (Phi) is 5.41. The van der Waals surface area contributed by atoms with E-state index in [2.05, 4.69) is 18.8 Å². The molecule has 21 heavy (non-hydrogen) atoms. The summed E-state index contributed by atoms with van der Waals surface area (Å²) in [7, 11) is 0. The van der Waals surface area contributed by atoms with E-state index in [4.69, 9.17) is 5.11 Å². The van der Waals surface area contributed by atoms with E-state index in [-0.39, 0.29) is 12.5 Å². The number of carbonyl (C=O) groups excluding carboxylic acids is 1. The molecule has 0 heterocycles. The first-order valence-corrected chi connectivity index (χ1v) is 7.65. The average Bonchev–Trinajstić information content (AvgIpc) is 3.29. The maximum Gasteiger partial charge on any atom is 0.253 e. The van der Waals surface area contributed by atoms with Gasteiger partial charge in [-0.2, -0.15) is 0 Å². The van der Waals surface area contributed by atoms with Crippen LogP contribution in [-0.2, 0) is 0 Å². The van der Waals surface area contributed by atoms with Crippen LogP contribution >= 0.6 is 0 Å². The summed E-state index contributed by atoms with van der Waals surface area (Å²) in [5.74, 6) is 6.37. The highest BCUT2D eigenvalue weighted by Crippen LogP contribution is 2.30. The molecule has 1 aliphatic rings. The third-order valence-corrected chi connectivity index (χ3v) is 3.73. The number of rotatable bonds is 5. The molecule has 3 heteroatoms. The predicted molar refractivity (Wildman–Crippen MR) is 84.1 cm³/mol. The highest BCUT2D eigenvalue weighted by molar-refractivity contribution is 5.94. The Balaban J connectivity index is 2.14. The molecule has 0 spiro atoms. The summed E-state index contributed by atoms with van der Waals surface area (Å²) in [5.41, 5.74) is 2.57. The molecule has 0 aromatic heterocycles. The summed E-state index contributed by atoms with van der Waals surface area (Å²) in [6.07, 6.45) is 3.49. The van der Waals surface area contributed by atoms with E-state index in [1.54, 1.807) is 0 Å². The van der Waals surface area contributed by atoms with Crippen molar-refractivity contribution in [2.45, 2.75) is 33.1 Å². The molecular weight excluding hydrogens is 262 g/mol. The van der Waals surface area contributed by atoms with Gasteiger partial charge in [-0.25, -0.2) is 0 Å². The van der Waals surface area contributed by atoms with Gasteiger partial charge in [-0.15, -0.1) is 0 Å². The standard InChI is InChI=1S/C18H23NO2/c1-3-10-19(13-15-6-7-15)18(21)17-9-8-16(5-4-11-20)14(2)12-17/h8-9,12,15,20H,3,6-7,10-11,13H2,1-2H3. The van der Waals surface area contributed by atoms with Gasteiger partial charge in [-0.3, -0.25) is 4.79 Å². The molecule has 1 aromatic carbocycles. The molecule has 1 aliphatic carbocycles. The lowest BCUT2D eigenvalue weighted by Gasteiger charge is -2.22. The average molecular weight is 285 g/mol. The maximum absolute atomic E-state index is 12.6. The fraction of sp³-hybridized carbons (Fsp3) is 0.500. The monoisotopic (exact) mass is 285 g/mol. The van der Waals surface area contributed by atoms with Gasteiger partial charge in [0, 0.05) is 24.2 Å². The fourth-order valence-corrected chi connectivity index (χ4v) is 2.41. The first-order chi connectivity index (χ1) is 10.2. The molecule has 1 N–H and O–H groups in total. The van der Waals surface area contributed by atoms with E-state index in [9.17, 15) is 4.79 Å². The van der Waals surface area contributed by atoms with E-state index >= 15 is 0 Å². The van der Waals surface area contributed by atoms with E-state index < -0.39 is 0 Å². The van der Waals surface area contributed by atoms with E-state index in [0.29, 0.717) is 5.92 Å². The topological polar surface area (TPSA) is 40.5 Å². The van der Waals surface area contributed by atoms with Gasteiger partial charge < -0.3 is 10.0 Å². The van der Waals surface area contributed by atoms with Gasteiger partial charge in [0.15, 0.2) is 0 Å². The molecule has 2 rings (SSSR count). The summed E-state index contributed by atoms with van der Waals surface area (Å²) in [6.45, 7) is 5.61. The van der Waals surface area contributed by atoms with Crippen LogP contribution in [-0.4, -0.2) is 35.6 Å². The third kappa shape index (κ3) is 4.34. The molecule has 1 amide bonds. The number of hydrogen-bond donors (Lipinski definition) is 1. The molecule has 0 saturated heterocycles. The first kappa shape index (κ1) is 15.6. The van der Waals surface area contributed by atoms with Crippen LogP contribution in [0.15, 0.2) is 18.2 Å². The second-order valence-electron chi connectivity index (χ2n) is 5.68. The van der Waals surface area contributed by atoms with Crippen molar-refractivity contribution < 1.29 is 9.90 Å². The predicted octanol–water partition coefficient (Wildman–Crippen LogP) is 2.60. The van der Waals surface area contributed by atoms with Gasteiger partial charge in [-0.05, 0) is 55.9 Å². The highest BCUT2D eigenvalue weighted by Gasteiger charge is 2.26. The van der Waals surface area contributed by atoms with Crippen molar-refractivity contribution in [3.8, 4) is 11.8 Å². The minimum Gasteiger partial charge on any atom is -0.384 e. The third-order valence-electron chi connectivity index (χ3n) is 3.73. The normalized spacial score (nSPS) is 13.5. The Morgan fingerprint density at radius 2 is 2.19 bits per heavy atom. The first-order valence-electron chi connectivity index (χ1n) is 7.65. The SMILES string of the molecule is CCCN(CC1CC1)C(=O)c1ccc(C#CCO)c(C)c1. The molecule has 1 fully saturated rings. The molecule has 0 radical (unpaired) electrons. The van der Waals surface area contributed by atoms with Gasteiger partial charge in [0.2, 0.25) is 0 Å². The van der Waals surface area contributed by atoms with Gasteiger partial charge in [0.25, 0.3) is 5.91 Å². The Morgan fingerprint density at radius 1 is 1.43 bits per heavy atom. The molecule has 3 nitrogen and oxygen atoms in total. The van der Waals surface area contributed by atoms with Gasteiger partial charge >= 0.3 is 0 Å². The largest absolute Gasteiger partial charge is 0.384 e. The molecule has 0 atom stereocenters. The van der Waals surface area contributed by atoms with Crippen molar-refractivity contribution in [2.75, 3.05) is 19.7 Å². The van der Waals surface area contributed by atoms with Crippen LogP contribution in [0.4, 0.5) is 0 Å². The molecule has 1 saturated carbocycles. The number of aryl methyl sites for hydroxylation is 1. The molecule has 0 unspecified atom stereocenters. The second-order valence-corrected chi connectivity index (χ2v) is 5.68. The Morgan fingerprint density at radius 3 is 2.76 bits per heavy atom. The Labute approximate surface area is 127 Å². The van der Waals surface area contributed by atoms with Crippen LogP contribution < -0.4 is 0 Å². The summed E-state index contributed by atoms with van der Waals surface area (Å²) in [4.78, 5) is 14.6. The molecule has 0 bridgehead atoms. The van der Waals surface area contributed by atoms with E-state index in [0.717, 1.165) is 36.2 Å². The molecule has 1 aromatic rings. The van der Waals surface area contributed by atoms with Crippen molar-refractivity contribution in [1.29, 1.82) is 0 Å². The summed E-state index contributed by atoms with van der Waals surface area (Å²) in [5, 5.41) is 8.75. The van der Waals surface area contributed by atoms with E-state index in [1.165, 1.54) is 12.8 Å². The van der Waals surface area contributed by atoms with E-state index in [1.807, 2.05) is 30.0 Å². The Hall–Kier alpha value is -1.79. The summed E-state index contributed by atoms with van der Waals surface area (Å²) in [6, 6.07) is 5.61. The van der Waals surface area contributed by atoms with Crippen molar-refractivity contribution >= 4 is 5.91 Å². The highest BCUT2D eigenvalue weighted by atomic mass is 16.2. The number of carbonyl (C=O) groups is 1. The zero-order valence-electron chi connectivity index (χ0n) is 12.9. The number of hydrogen-bond acceptors (Lipinski definition) is 2. The number of benzene rings is 1. The van der Waals surface area contributed by atoms with Crippen LogP contribution in [0.3, 0.4) is 0 Å². The van der Waals surface area contributed by atoms with Crippen molar-refractivity contribution in [1.82, 2.24) is 4.90 Å². The molecule has 0 aliphatic heterocycles. The van der Waals surface area contributed by atoms with Crippen LogP contribution in [0.5, 0.6) is 0 Å². The van der Waals surface area contributed by atoms with Crippen molar-refractivity contribution in [3.63, 3.8) is 0 Å². The zero-order valence-corrected chi connectivity index (χ0v) is 12.9. The quantitative estimate of drug-likeness (QED) is 0.845. The minimum absolute atomic E-state index is 0.119. The van der Waals surface area contributed by atoms with Crippen molar-refractivity contribution in [3.05, 3.63) is 34.9 Å². The Bertz CT molecular complexity index is 564. The molecule has 112 valence electrons. The summed E-state index contributed by atoms with van der Waals surface area (Å²) < 4.78 is 0. The zero-order chi connectivity index (χ0) is 15.2. The van der Waals surface area contributed by atoms with Gasteiger partial charge in [0.1, 0.15) is 6.61 Å². The lowest BCUT2D eigenvalue weighted by atomic mass is 10.0. The second kappa shape index (κ2) is 7.28. The number of amides is 1. The number of nitrogens with zero attached hydrogens (tertiary/aromatic N) is 1. The number of aliphatic hydroxyl groups excluding tert-OH is 1. The molecular formula is C18H23NO2. The lowest BCUT2D eigenvalue weighted by molar-refractivity contribution is 0.0747. The van der Waals surface area contributed by atoms with Crippen molar-refractivity contribution in [2.24, 2.45) is 5.92 Å². The van der Waals surface area contributed by atoms with Crippen LogP contribution in [0, 0.1) is 24.7 Å². The minimum atomic E-state index is -0.147. The lowest BCUT2D eigenvalue weighted by Crippen LogP contribution is -2.33. The fourth-order valence-electron chi connectivity index (χ4n) is 2.41. The van der Waals surface area contributed by atoms with Crippen LogP contribution in [0.2, 0.25) is 0 Å². The smallest absolute Gasteiger partial charge is 0.253 e. The summed E-state index contributed by atoms with van der Waals surface area (Å²) >= 11 is 0. The van der Waals surface area contributed by atoms with Gasteiger partial charge in [0.05, 0.1) is 0 Å². The van der Waals surface area contributed by atoms with Gasteiger partial charge in [-0.1, -0.05) is 18.8 Å². The van der Waals surface area contributed by atoms with Crippen LogP contribution in [0.1, 0.15) is 47.7 Å². The maximum atomic E-state index is 12.6. The van der Waals surface area contributed by atoms with Crippen LogP contribution in [0.25, 0.3) is 0 Å².